The predicted octanol–water partition coefficient (Wildman–Crippen LogP) is 1.35. The van der Waals surface area contributed by atoms with Crippen LogP contribution >= 0.6 is 0 Å². The quantitative estimate of drug-likeness (QED) is 0.838. The van der Waals surface area contributed by atoms with E-state index < -0.39 is 22.0 Å². The third-order valence-electron chi connectivity index (χ3n) is 3.53. The Morgan fingerprint density at radius 2 is 1.68 bits per heavy atom. The summed E-state index contributed by atoms with van der Waals surface area (Å²) in [4.78, 5) is 22.6. The number of methoxy groups -OCH3 is 1. The van der Waals surface area contributed by atoms with E-state index in [1.54, 1.807) is 0 Å². The van der Waals surface area contributed by atoms with Gasteiger partial charge in [-0.2, -0.15) is 4.31 Å². The van der Waals surface area contributed by atoms with Crippen molar-refractivity contribution in [2.45, 2.75) is 24.2 Å². The van der Waals surface area contributed by atoms with E-state index in [9.17, 15) is 18.0 Å². The van der Waals surface area contributed by atoms with Gasteiger partial charge >= 0.3 is 11.9 Å². The van der Waals surface area contributed by atoms with E-state index in [1.807, 2.05) is 0 Å². The van der Waals surface area contributed by atoms with Gasteiger partial charge in [0.1, 0.15) is 0 Å². The van der Waals surface area contributed by atoms with Gasteiger partial charge < -0.3 is 9.84 Å². The molecule has 120 valence electrons. The molecule has 0 radical (unpaired) electrons. The Morgan fingerprint density at radius 1 is 1.09 bits per heavy atom. The summed E-state index contributed by atoms with van der Waals surface area (Å²) in [6.07, 6.45) is 2.50. The summed E-state index contributed by atoms with van der Waals surface area (Å²) in [5, 5.41) is 9.10. The third kappa shape index (κ3) is 3.28. The smallest absolute Gasteiger partial charge is 0.337 e. The van der Waals surface area contributed by atoms with Crippen molar-refractivity contribution in [2.24, 2.45) is 0 Å². The lowest BCUT2D eigenvalue weighted by molar-refractivity contribution is 0.0600. The predicted molar refractivity (Wildman–Crippen MR) is 77.4 cm³/mol. The van der Waals surface area contributed by atoms with Crippen LogP contribution in [0.5, 0.6) is 0 Å². The van der Waals surface area contributed by atoms with Crippen LogP contribution in [0.4, 0.5) is 0 Å². The Balaban J connectivity index is 2.50. The zero-order valence-corrected chi connectivity index (χ0v) is 12.9. The van der Waals surface area contributed by atoms with Gasteiger partial charge in [-0.1, -0.05) is 6.42 Å². The molecule has 1 heterocycles. The van der Waals surface area contributed by atoms with Crippen molar-refractivity contribution in [1.82, 2.24) is 4.31 Å². The number of carbonyl (C=O) groups excluding carboxylic acids is 1. The maximum absolute atomic E-state index is 12.6. The van der Waals surface area contributed by atoms with Crippen LogP contribution in [-0.2, 0) is 14.8 Å². The molecule has 1 aromatic rings. The first-order valence-corrected chi connectivity index (χ1v) is 8.27. The van der Waals surface area contributed by atoms with E-state index in [0.29, 0.717) is 13.1 Å². The number of hydrogen-bond donors (Lipinski definition) is 1. The fourth-order valence-corrected chi connectivity index (χ4v) is 3.95. The molecule has 0 aromatic heterocycles. The van der Waals surface area contributed by atoms with Crippen LogP contribution in [0.3, 0.4) is 0 Å². The molecule has 2 rings (SSSR count). The van der Waals surface area contributed by atoms with Crippen LogP contribution < -0.4 is 0 Å². The van der Waals surface area contributed by atoms with Crippen LogP contribution in [0, 0.1) is 0 Å². The van der Waals surface area contributed by atoms with Crippen molar-refractivity contribution in [2.75, 3.05) is 20.2 Å². The van der Waals surface area contributed by atoms with E-state index in [-0.39, 0.29) is 16.0 Å². The second-order valence-corrected chi connectivity index (χ2v) is 6.95. The number of benzene rings is 1. The largest absolute Gasteiger partial charge is 0.478 e. The number of nitrogens with zero attached hydrogens (tertiary/aromatic N) is 1. The first kappa shape index (κ1) is 16.4. The van der Waals surface area contributed by atoms with E-state index in [4.69, 9.17) is 5.11 Å². The van der Waals surface area contributed by atoms with E-state index in [1.165, 1.54) is 4.31 Å². The summed E-state index contributed by atoms with van der Waals surface area (Å²) in [7, 11) is -2.67. The molecule has 22 heavy (non-hydrogen) atoms. The van der Waals surface area contributed by atoms with Crippen LogP contribution in [0.1, 0.15) is 40.0 Å². The second kappa shape index (κ2) is 6.45. The lowest BCUT2D eigenvalue weighted by atomic mass is 10.1. The van der Waals surface area contributed by atoms with Crippen molar-refractivity contribution in [1.29, 1.82) is 0 Å². The van der Waals surface area contributed by atoms with Gasteiger partial charge in [-0.05, 0) is 31.0 Å². The van der Waals surface area contributed by atoms with Crippen LogP contribution in [0.25, 0.3) is 0 Å². The minimum Gasteiger partial charge on any atom is -0.478 e. The molecule has 1 aromatic carbocycles. The highest BCUT2D eigenvalue weighted by Crippen LogP contribution is 2.23. The van der Waals surface area contributed by atoms with Gasteiger partial charge in [0.25, 0.3) is 0 Å². The number of esters is 1. The summed E-state index contributed by atoms with van der Waals surface area (Å²) in [5.74, 6) is -2.08. The third-order valence-corrected chi connectivity index (χ3v) is 5.40. The van der Waals surface area contributed by atoms with Crippen molar-refractivity contribution >= 4 is 22.0 Å². The number of ether oxygens (including phenoxy) is 1. The number of carbonyl (C=O) groups is 2. The summed E-state index contributed by atoms with van der Waals surface area (Å²) in [6.45, 7) is 0.792. The highest BCUT2D eigenvalue weighted by molar-refractivity contribution is 7.89. The molecule has 0 unspecified atom stereocenters. The van der Waals surface area contributed by atoms with Gasteiger partial charge in [0.15, 0.2) is 0 Å². The molecular weight excluding hydrogens is 310 g/mol. The number of sulfonamides is 1. The molecule has 8 heteroatoms. The number of carboxylic acid groups (broad SMARTS) is 1. The number of hydrogen-bond acceptors (Lipinski definition) is 5. The monoisotopic (exact) mass is 327 g/mol. The summed E-state index contributed by atoms with van der Waals surface area (Å²) < 4.78 is 31.1. The highest BCUT2D eigenvalue weighted by atomic mass is 32.2. The zero-order chi connectivity index (χ0) is 16.3. The topological polar surface area (TPSA) is 101 Å². The van der Waals surface area contributed by atoms with Gasteiger partial charge in [-0.15, -0.1) is 0 Å². The first-order chi connectivity index (χ1) is 10.4. The lowest BCUT2D eigenvalue weighted by Gasteiger charge is -2.26. The molecule has 1 aliphatic heterocycles. The first-order valence-electron chi connectivity index (χ1n) is 6.83. The molecule has 1 N–H and O–H groups in total. The SMILES string of the molecule is COC(=O)c1cc(C(=O)O)cc(S(=O)(=O)N2CCCCC2)c1. The fraction of sp³-hybridized carbons (Fsp3) is 0.429. The van der Waals surface area contributed by atoms with Crippen LogP contribution in [0.15, 0.2) is 23.1 Å². The van der Waals surface area contributed by atoms with Crippen molar-refractivity contribution in [3.05, 3.63) is 29.3 Å². The Bertz CT molecular complexity index is 691. The van der Waals surface area contributed by atoms with Crippen LogP contribution in [0.2, 0.25) is 0 Å². The molecule has 1 fully saturated rings. The number of rotatable bonds is 4. The molecule has 0 saturated carbocycles. The zero-order valence-electron chi connectivity index (χ0n) is 12.1. The van der Waals surface area contributed by atoms with Gasteiger partial charge in [0, 0.05) is 13.1 Å². The van der Waals surface area contributed by atoms with E-state index >= 15 is 0 Å². The fourth-order valence-electron chi connectivity index (χ4n) is 2.36. The normalized spacial score (nSPS) is 16.2. The van der Waals surface area contributed by atoms with Crippen molar-refractivity contribution in [3.8, 4) is 0 Å². The Hall–Kier alpha value is -1.93. The average molecular weight is 327 g/mol. The standard InChI is InChI=1S/C14H17NO6S/c1-21-14(18)11-7-10(13(16)17)8-12(9-11)22(19,20)15-5-3-2-4-6-15/h7-9H,2-6H2,1H3,(H,16,17). The molecule has 0 aliphatic carbocycles. The molecule has 0 spiro atoms. The van der Waals surface area contributed by atoms with Gasteiger partial charge in [0.05, 0.1) is 23.1 Å². The summed E-state index contributed by atoms with van der Waals surface area (Å²) in [5.41, 5.74) is -0.364. The molecular formula is C14H17NO6S. The molecule has 0 amide bonds. The molecule has 1 saturated heterocycles. The van der Waals surface area contributed by atoms with Gasteiger partial charge in [-0.25, -0.2) is 18.0 Å². The van der Waals surface area contributed by atoms with E-state index in [0.717, 1.165) is 44.6 Å². The molecule has 7 nitrogen and oxygen atoms in total. The number of piperidine rings is 1. The summed E-state index contributed by atoms with van der Waals surface area (Å²) >= 11 is 0. The molecule has 1 aliphatic rings. The number of carboxylic acids is 1. The Labute approximate surface area is 128 Å². The minimum absolute atomic E-state index is 0.0991. The van der Waals surface area contributed by atoms with Crippen LogP contribution in [-0.4, -0.2) is 50.0 Å². The second-order valence-electron chi connectivity index (χ2n) is 5.01. The van der Waals surface area contributed by atoms with Crippen molar-refractivity contribution < 1.29 is 27.9 Å². The van der Waals surface area contributed by atoms with E-state index in [2.05, 4.69) is 4.74 Å². The number of aromatic carboxylic acids is 1. The Kier molecular flexibility index (Phi) is 4.82. The van der Waals surface area contributed by atoms with Gasteiger partial charge in [-0.3, -0.25) is 0 Å². The van der Waals surface area contributed by atoms with Gasteiger partial charge in [0.2, 0.25) is 10.0 Å². The maximum Gasteiger partial charge on any atom is 0.337 e. The molecule has 0 atom stereocenters. The lowest BCUT2D eigenvalue weighted by Crippen LogP contribution is -2.35. The highest BCUT2D eigenvalue weighted by Gasteiger charge is 2.28. The summed E-state index contributed by atoms with van der Waals surface area (Å²) in [6, 6.07) is 3.32. The maximum atomic E-state index is 12.6. The molecule has 0 bridgehead atoms. The Morgan fingerprint density at radius 3 is 2.23 bits per heavy atom. The minimum atomic E-state index is -3.82. The van der Waals surface area contributed by atoms with Crippen molar-refractivity contribution in [3.63, 3.8) is 0 Å². The average Bonchev–Trinajstić information content (AvgIpc) is 2.54.